The van der Waals surface area contributed by atoms with Crippen molar-refractivity contribution in [3.8, 4) is 0 Å². The van der Waals surface area contributed by atoms with Crippen LogP contribution < -0.4 is 0 Å². The van der Waals surface area contributed by atoms with Crippen molar-refractivity contribution in [1.29, 1.82) is 0 Å². The second-order valence-electron chi connectivity index (χ2n) is 4.12. The summed E-state index contributed by atoms with van der Waals surface area (Å²) < 4.78 is 0. The van der Waals surface area contributed by atoms with Crippen molar-refractivity contribution in [3.05, 3.63) is 58.3 Å². The highest BCUT2D eigenvalue weighted by atomic mass is 32.1. The second kappa shape index (κ2) is 5.28. The van der Waals surface area contributed by atoms with Gasteiger partial charge in [-0.15, -0.1) is 11.3 Å². The largest absolute Gasteiger partial charge is 0.388 e. The van der Waals surface area contributed by atoms with E-state index in [1.807, 2.05) is 30.3 Å². The van der Waals surface area contributed by atoms with Gasteiger partial charge >= 0.3 is 0 Å². The number of benzene rings is 1. The smallest absolute Gasteiger partial charge is 0.0819 e. The molecule has 1 heterocycles. The fourth-order valence-electron chi connectivity index (χ4n) is 1.84. The molecule has 0 bridgehead atoms. The Balaban J connectivity index is 2.02. The quantitative estimate of drug-likeness (QED) is 0.853. The Hall–Kier alpha value is -1.12. The Morgan fingerprint density at radius 2 is 1.88 bits per heavy atom. The van der Waals surface area contributed by atoms with Gasteiger partial charge in [0, 0.05) is 4.88 Å². The predicted octanol–water partition coefficient (Wildman–Crippen LogP) is 3.66. The molecule has 0 aliphatic carbocycles. The van der Waals surface area contributed by atoms with E-state index in [9.17, 15) is 5.11 Å². The molecule has 2 atom stereocenters. The highest BCUT2D eigenvalue weighted by Crippen LogP contribution is 2.26. The molecule has 1 nitrogen and oxygen atoms in total. The predicted molar refractivity (Wildman–Crippen MR) is 68.6 cm³/mol. The van der Waals surface area contributed by atoms with Crippen molar-refractivity contribution in [2.45, 2.75) is 19.4 Å². The molecule has 0 amide bonds. The van der Waals surface area contributed by atoms with Gasteiger partial charge in [-0.2, -0.15) is 0 Å². The van der Waals surface area contributed by atoms with Crippen LogP contribution in [0.4, 0.5) is 0 Å². The van der Waals surface area contributed by atoms with Crippen molar-refractivity contribution in [2.75, 3.05) is 0 Å². The molecule has 0 spiro atoms. The summed E-state index contributed by atoms with van der Waals surface area (Å²) in [5, 5.41) is 12.3. The van der Waals surface area contributed by atoms with Crippen LogP contribution in [0.5, 0.6) is 0 Å². The van der Waals surface area contributed by atoms with Crippen molar-refractivity contribution >= 4 is 11.3 Å². The maximum absolute atomic E-state index is 10.2. The SMILES string of the molecule is CC(Cc1cccs1)C(O)c1ccccc1. The van der Waals surface area contributed by atoms with E-state index in [0.29, 0.717) is 0 Å². The Morgan fingerprint density at radius 1 is 1.12 bits per heavy atom. The lowest BCUT2D eigenvalue weighted by molar-refractivity contribution is 0.118. The fourth-order valence-corrected chi connectivity index (χ4v) is 2.68. The van der Waals surface area contributed by atoms with Crippen LogP contribution in [0.15, 0.2) is 47.8 Å². The molecule has 0 radical (unpaired) electrons. The molecular formula is C14H16OS. The first-order valence-electron chi connectivity index (χ1n) is 5.53. The molecule has 1 aromatic carbocycles. The topological polar surface area (TPSA) is 20.2 Å². The van der Waals surface area contributed by atoms with Gasteiger partial charge in [0.15, 0.2) is 0 Å². The summed E-state index contributed by atoms with van der Waals surface area (Å²) in [6.45, 7) is 2.09. The Labute approximate surface area is 100 Å². The summed E-state index contributed by atoms with van der Waals surface area (Å²) in [6.07, 6.45) is 0.566. The highest BCUT2D eigenvalue weighted by Gasteiger charge is 2.16. The molecule has 0 saturated carbocycles. The van der Waals surface area contributed by atoms with Crippen LogP contribution in [-0.2, 0) is 6.42 Å². The number of hydrogen-bond acceptors (Lipinski definition) is 2. The van der Waals surface area contributed by atoms with Crippen LogP contribution in [0.2, 0.25) is 0 Å². The zero-order valence-corrected chi connectivity index (χ0v) is 10.2. The zero-order chi connectivity index (χ0) is 11.4. The summed E-state index contributed by atoms with van der Waals surface area (Å²) in [5.41, 5.74) is 1.01. The first-order valence-corrected chi connectivity index (χ1v) is 6.40. The van der Waals surface area contributed by atoms with Crippen LogP contribution in [0.1, 0.15) is 23.5 Å². The van der Waals surface area contributed by atoms with Crippen molar-refractivity contribution < 1.29 is 5.11 Å². The summed E-state index contributed by atoms with van der Waals surface area (Å²) >= 11 is 1.75. The van der Waals surface area contributed by atoms with Crippen molar-refractivity contribution in [1.82, 2.24) is 0 Å². The standard InChI is InChI=1S/C14H16OS/c1-11(10-13-8-5-9-16-13)14(15)12-6-3-2-4-7-12/h2-9,11,14-15H,10H2,1H3. The van der Waals surface area contributed by atoms with E-state index in [4.69, 9.17) is 0 Å². The van der Waals surface area contributed by atoms with E-state index in [0.717, 1.165) is 12.0 Å². The number of aliphatic hydroxyl groups is 1. The number of hydrogen-bond donors (Lipinski definition) is 1. The van der Waals surface area contributed by atoms with E-state index < -0.39 is 0 Å². The van der Waals surface area contributed by atoms with E-state index in [1.54, 1.807) is 11.3 Å². The van der Waals surface area contributed by atoms with Crippen molar-refractivity contribution in [2.24, 2.45) is 5.92 Å². The Kier molecular flexibility index (Phi) is 3.75. The number of thiophene rings is 1. The van der Waals surface area contributed by atoms with Crippen LogP contribution in [0.25, 0.3) is 0 Å². The summed E-state index contributed by atoms with van der Waals surface area (Å²) in [7, 11) is 0. The van der Waals surface area contributed by atoms with Gasteiger partial charge in [-0.3, -0.25) is 0 Å². The molecule has 2 rings (SSSR count). The van der Waals surface area contributed by atoms with Crippen LogP contribution >= 0.6 is 11.3 Å². The normalized spacial score (nSPS) is 14.6. The molecule has 2 aromatic rings. The molecule has 0 aliphatic rings. The summed E-state index contributed by atoms with van der Waals surface area (Å²) in [5.74, 6) is 0.251. The Bertz CT molecular complexity index is 408. The Morgan fingerprint density at radius 3 is 2.50 bits per heavy atom. The third-order valence-electron chi connectivity index (χ3n) is 2.78. The molecular weight excluding hydrogens is 216 g/mol. The third-order valence-corrected chi connectivity index (χ3v) is 3.68. The monoisotopic (exact) mass is 232 g/mol. The van der Waals surface area contributed by atoms with Gasteiger partial charge in [-0.1, -0.05) is 43.3 Å². The second-order valence-corrected chi connectivity index (χ2v) is 5.15. The molecule has 0 saturated heterocycles. The number of rotatable bonds is 4. The molecule has 16 heavy (non-hydrogen) atoms. The van der Waals surface area contributed by atoms with E-state index in [2.05, 4.69) is 24.4 Å². The molecule has 1 N–H and O–H groups in total. The molecule has 1 aromatic heterocycles. The average Bonchev–Trinajstić information content (AvgIpc) is 2.82. The van der Waals surface area contributed by atoms with Gasteiger partial charge in [0.25, 0.3) is 0 Å². The lowest BCUT2D eigenvalue weighted by Gasteiger charge is -2.18. The van der Waals surface area contributed by atoms with Gasteiger partial charge in [0.05, 0.1) is 6.10 Å². The molecule has 2 unspecified atom stereocenters. The lowest BCUT2D eigenvalue weighted by atomic mass is 9.94. The van der Waals surface area contributed by atoms with Gasteiger partial charge in [-0.25, -0.2) is 0 Å². The first-order chi connectivity index (χ1) is 7.77. The molecule has 2 heteroatoms. The maximum atomic E-state index is 10.2. The lowest BCUT2D eigenvalue weighted by Crippen LogP contribution is -2.11. The molecule has 84 valence electrons. The highest BCUT2D eigenvalue weighted by molar-refractivity contribution is 7.09. The first kappa shape index (κ1) is 11.4. The zero-order valence-electron chi connectivity index (χ0n) is 9.34. The minimum Gasteiger partial charge on any atom is -0.388 e. The third kappa shape index (κ3) is 2.71. The van der Waals surface area contributed by atoms with E-state index >= 15 is 0 Å². The van der Waals surface area contributed by atoms with Gasteiger partial charge in [0.1, 0.15) is 0 Å². The van der Waals surface area contributed by atoms with E-state index in [1.165, 1.54) is 4.88 Å². The maximum Gasteiger partial charge on any atom is 0.0819 e. The average molecular weight is 232 g/mol. The van der Waals surface area contributed by atoms with Gasteiger partial charge in [0.2, 0.25) is 0 Å². The minimum absolute atomic E-state index is 0.251. The fraction of sp³-hybridized carbons (Fsp3) is 0.286. The van der Waals surface area contributed by atoms with Gasteiger partial charge in [-0.05, 0) is 29.3 Å². The van der Waals surface area contributed by atoms with Crippen molar-refractivity contribution in [3.63, 3.8) is 0 Å². The number of aliphatic hydroxyl groups excluding tert-OH is 1. The van der Waals surface area contributed by atoms with E-state index in [-0.39, 0.29) is 12.0 Å². The van der Waals surface area contributed by atoms with Crippen LogP contribution in [0.3, 0.4) is 0 Å². The summed E-state index contributed by atoms with van der Waals surface area (Å²) in [6, 6.07) is 14.1. The summed E-state index contributed by atoms with van der Waals surface area (Å²) in [4.78, 5) is 1.34. The minimum atomic E-state index is -0.372. The molecule has 0 aliphatic heterocycles. The van der Waals surface area contributed by atoms with Gasteiger partial charge < -0.3 is 5.11 Å². The van der Waals surface area contributed by atoms with Crippen LogP contribution in [0, 0.1) is 5.92 Å². The molecule has 0 fully saturated rings. The van der Waals surface area contributed by atoms with Crippen LogP contribution in [-0.4, -0.2) is 5.11 Å².